The number of halogens is 3. The SMILES string of the molecule is N#Cc1cccc(N2NC(C(F)(F)F)C=C2C=O)c1. The van der Waals surface area contributed by atoms with E-state index in [9.17, 15) is 18.0 Å². The van der Waals surface area contributed by atoms with Crippen LogP contribution in [0.25, 0.3) is 0 Å². The lowest BCUT2D eigenvalue weighted by Crippen LogP contribution is -2.44. The summed E-state index contributed by atoms with van der Waals surface area (Å²) < 4.78 is 37.8. The highest BCUT2D eigenvalue weighted by Gasteiger charge is 2.43. The Kier molecular flexibility index (Phi) is 3.27. The summed E-state index contributed by atoms with van der Waals surface area (Å²) in [4.78, 5) is 10.8. The number of nitrogens with one attached hydrogen (secondary N) is 1. The second-order valence-electron chi connectivity index (χ2n) is 3.86. The molecule has 1 aliphatic rings. The number of carbonyl (C=O) groups is 1. The van der Waals surface area contributed by atoms with Crippen LogP contribution in [0.1, 0.15) is 5.56 Å². The van der Waals surface area contributed by atoms with Crippen molar-refractivity contribution >= 4 is 12.0 Å². The van der Waals surface area contributed by atoms with Crippen molar-refractivity contribution in [3.05, 3.63) is 41.6 Å². The first-order chi connectivity index (χ1) is 8.95. The molecule has 98 valence electrons. The average molecular weight is 267 g/mol. The highest BCUT2D eigenvalue weighted by atomic mass is 19.4. The van der Waals surface area contributed by atoms with Crippen LogP contribution in [-0.4, -0.2) is 18.5 Å². The maximum absolute atomic E-state index is 12.6. The molecule has 1 N–H and O–H groups in total. The Morgan fingerprint density at radius 3 is 2.74 bits per heavy atom. The predicted octanol–water partition coefficient (Wildman–Crippen LogP) is 1.90. The zero-order valence-corrected chi connectivity index (χ0v) is 9.48. The zero-order chi connectivity index (χ0) is 14.0. The molecule has 0 saturated carbocycles. The fourth-order valence-electron chi connectivity index (χ4n) is 1.69. The number of hydrazine groups is 1. The summed E-state index contributed by atoms with van der Waals surface area (Å²) in [5.74, 6) is 0. The molecule has 0 aromatic heterocycles. The van der Waals surface area contributed by atoms with Crippen LogP contribution in [0.5, 0.6) is 0 Å². The Morgan fingerprint density at radius 1 is 1.42 bits per heavy atom. The van der Waals surface area contributed by atoms with Crippen molar-refractivity contribution in [1.82, 2.24) is 5.43 Å². The Labute approximate surface area is 106 Å². The number of benzene rings is 1. The van der Waals surface area contributed by atoms with E-state index in [1.165, 1.54) is 24.3 Å². The van der Waals surface area contributed by atoms with E-state index in [0.717, 1.165) is 11.1 Å². The molecule has 1 aromatic rings. The molecule has 1 aromatic carbocycles. The van der Waals surface area contributed by atoms with Crippen molar-refractivity contribution in [2.45, 2.75) is 12.2 Å². The molecule has 1 unspecified atom stereocenters. The summed E-state index contributed by atoms with van der Waals surface area (Å²) in [6.07, 6.45) is -3.36. The molecule has 0 spiro atoms. The first-order valence-electron chi connectivity index (χ1n) is 5.26. The molecule has 7 heteroatoms. The smallest absolute Gasteiger partial charge is 0.296 e. The van der Waals surface area contributed by atoms with Gasteiger partial charge in [-0.1, -0.05) is 6.07 Å². The predicted molar refractivity (Wildman–Crippen MR) is 60.8 cm³/mol. The van der Waals surface area contributed by atoms with E-state index in [4.69, 9.17) is 5.26 Å². The number of aldehydes is 1. The van der Waals surface area contributed by atoms with Crippen LogP contribution in [0, 0.1) is 11.3 Å². The van der Waals surface area contributed by atoms with E-state index in [1.807, 2.05) is 6.07 Å². The number of hydrogen-bond donors (Lipinski definition) is 1. The van der Waals surface area contributed by atoms with E-state index in [2.05, 4.69) is 5.43 Å². The van der Waals surface area contributed by atoms with Gasteiger partial charge in [0.1, 0.15) is 6.04 Å². The number of rotatable bonds is 2. The number of allylic oxidation sites excluding steroid dienone is 1. The molecule has 2 rings (SSSR count). The van der Waals surface area contributed by atoms with Crippen molar-refractivity contribution in [3.63, 3.8) is 0 Å². The highest BCUT2D eigenvalue weighted by molar-refractivity contribution is 5.81. The van der Waals surface area contributed by atoms with Crippen molar-refractivity contribution in [3.8, 4) is 6.07 Å². The van der Waals surface area contributed by atoms with E-state index < -0.39 is 12.2 Å². The third-order valence-corrected chi connectivity index (χ3v) is 2.57. The third-order valence-electron chi connectivity index (χ3n) is 2.57. The molecule has 1 atom stereocenters. The van der Waals surface area contributed by atoms with Gasteiger partial charge < -0.3 is 0 Å². The Bertz CT molecular complexity index is 574. The average Bonchev–Trinajstić information content (AvgIpc) is 2.83. The van der Waals surface area contributed by atoms with E-state index in [0.29, 0.717) is 17.5 Å². The summed E-state index contributed by atoms with van der Waals surface area (Å²) in [6, 6.07) is 5.90. The van der Waals surface area contributed by atoms with Gasteiger partial charge >= 0.3 is 6.18 Å². The van der Waals surface area contributed by atoms with Crippen LogP contribution in [0.15, 0.2) is 36.0 Å². The van der Waals surface area contributed by atoms with Crippen LogP contribution < -0.4 is 10.4 Å². The maximum Gasteiger partial charge on any atom is 0.409 e. The minimum atomic E-state index is -4.49. The Balaban J connectivity index is 2.34. The van der Waals surface area contributed by atoms with Crippen molar-refractivity contribution in [2.24, 2.45) is 0 Å². The lowest BCUT2D eigenvalue weighted by atomic mass is 10.2. The lowest BCUT2D eigenvalue weighted by molar-refractivity contribution is -0.142. The van der Waals surface area contributed by atoms with Gasteiger partial charge in [0.2, 0.25) is 0 Å². The number of nitrogens with zero attached hydrogens (tertiary/aromatic N) is 2. The molecule has 19 heavy (non-hydrogen) atoms. The molecule has 0 saturated heterocycles. The molecule has 0 aliphatic carbocycles. The Hall–Kier alpha value is -2.33. The largest absolute Gasteiger partial charge is 0.409 e. The van der Waals surface area contributed by atoms with Gasteiger partial charge in [-0.25, -0.2) is 5.43 Å². The monoisotopic (exact) mass is 267 g/mol. The molecule has 4 nitrogen and oxygen atoms in total. The molecule has 0 amide bonds. The van der Waals surface area contributed by atoms with Crippen molar-refractivity contribution < 1.29 is 18.0 Å². The van der Waals surface area contributed by atoms with E-state index >= 15 is 0 Å². The third kappa shape index (κ3) is 2.58. The number of nitriles is 1. The zero-order valence-electron chi connectivity index (χ0n) is 9.48. The van der Waals surface area contributed by atoms with Crippen molar-refractivity contribution in [1.29, 1.82) is 5.26 Å². The summed E-state index contributed by atoms with van der Waals surface area (Å²) in [6.45, 7) is 0. The number of hydrogen-bond acceptors (Lipinski definition) is 4. The number of alkyl halides is 3. The van der Waals surface area contributed by atoms with Crippen LogP contribution in [0.2, 0.25) is 0 Å². The van der Waals surface area contributed by atoms with Gasteiger partial charge in [0.05, 0.1) is 23.0 Å². The van der Waals surface area contributed by atoms with E-state index in [1.54, 1.807) is 0 Å². The second-order valence-corrected chi connectivity index (χ2v) is 3.86. The minimum Gasteiger partial charge on any atom is -0.296 e. The quantitative estimate of drug-likeness (QED) is 0.831. The summed E-state index contributed by atoms with van der Waals surface area (Å²) in [5.41, 5.74) is 2.62. The van der Waals surface area contributed by atoms with Gasteiger partial charge in [-0.2, -0.15) is 18.4 Å². The van der Waals surface area contributed by atoms with Gasteiger partial charge in [-0.05, 0) is 24.3 Å². The minimum absolute atomic E-state index is 0.141. The first-order valence-corrected chi connectivity index (χ1v) is 5.26. The molecular formula is C12H8F3N3O. The van der Waals surface area contributed by atoms with Gasteiger partial charge in [0, 0.05) is 0 Å². The maximum atomic E-state index is 12.6. The first kappa shape index (κ1) is 13.1. The topological polar surface area (TPSA) is 56.1 Å². The summed E-state index contributed by atoms with van der Waals surface area (Å²) in [7, 11) is 0. The van der Waals surface area contributed by atoms with Gasteiger partial charge in [-0.15, -0.1) is 0 Å². The molecule has 0 fully saturated rings. The van der Waals surface area contributed by atoms with Crippen LogP contribution in [-0.2, 0) is 4.79 Å². The van der Waals surface area contributed by atoms with Crippen LogP contribution >= 0.6 is 0 Å². The second kappa shape index (κ2) is 4.74. The highest BCUT2D eigenvalue weighted by Crippen LogP contribution is 2.29. The van der Waals surface area contributed by atoms with E-state index in [-0.39, 0.29) is 5.70 Å². The molecule has 0 radical (unpaired) electrons. The fourth-order valence-corrected chi connectivity index (χ4v) is 1.69. The van der Waals surface area contributed by atoms with Gasteiger partial charge in [0.25, 0.3) is 0 Å². The van der Waals surface area contributed by atoms with Gasteiger partial charge in [0.15, 0.2) is 6.29 Å². The molecule has 0 bridgehead atoms. The van der Waals surface area contributed by atoms with Crippen LogP contribution in [0.3, 0.4) is 0 Å². The molecule has 1 heterocycles. The lowest BCUT2D eigenvalue weighted by Gasteiger charge is -2.23. The normalized spacial score (nSPS) is 18.9. The van der Waals surface area contributed by atoms with Crippen molar-refractivity contribution in [2.75, 3.05) is 5.01 Å². The standard InChI is InChI=1S/C12H8F3N3O/c13-12(14,15)11-5-10(7-19)18(17-11)9-3-1-2-8(4-9)6-16/h1-5,7,11,17H. The molecular weight excluding hydrogens is 259 g/mol. The van der Waals surface area contributed by atoms with Crippen LogP contribution in [0.4, 0.5) is 18.9 Å². The fraction of sp³-hybridized carbons (Fsp3) is 0.167. The summed E-state index contributed by atoms with van der Waals surface area (Å²) >= 11 is 0. The summed E-state index contributed by atoms with van der Waals surface area (Å²) in [5, 5.41) is 9.78. The molecule has 1 aliphatic heterocycles. The number of anilines is 1. The number of carbonyl (C=O) groups excluding carboxylic acids is 1. The Morgan fingerprint density at radius 2 is 2.16 bits per heavy atom. The van der Waals surface area contributed by atoms with Gasteiger partial charge in [-0.3, -0.25) is 9.80 Å².